The fraction of sp³-hybridized carbons (Fsp3) is 0.0909. The molecule has 0 bridgehead atoms. The summed E-state index contributed by atoms with van der Waals surface area (Å²) in [6.07, 6.45) is 2.67. The number of hydrogen-bond acceptors (Lipinski definition) is 4. The van der Waals surface area contributed by atoms with Gasteiger partial charge in [0.15, 0.2) is 0 Å². The Hall–Kier alpha value is -2.44. The zero-order valence-corrected chi connectivity index (χ0v) is 9.32. The van der Waals surface area contributed by atoms with Crippen molar-refractivity contribution in [2.45, 2.75) is 6.92 Å². The molecule has 0 aliphatic rings. The van der Waals surface area contributed by atoms with E-state index in [9.17, 15) is 13.6 Å². The number of hydrogen-bond donors (Lipinski definition) is 1. The van der Waals surface area contributed by atoms with Crippen molar-refractivity contribution in [2.75, 3.05) is 5.32 Å². The summed E-state index contributed by atoms with van der Waals surface area (Å²) in [7, 11) is 0. The first-order valence-corrected chi connectivity index (χ1v) is 4.98. The van der Waals surface area contributed by atoms with Gasteiger partial charge in [-0.3, -0.25) is 9.78 Å². The van der Waals surface area contributed by atoms with Crippen molar-refractivity contribution in [1.29, 1.82) is 0 Å². The van der Waals surface area contributed by atoms with Crippen LogP contribution < -0.4 is 5.32 Å². The molecule has 2 aromatic rings. The molecule has 2 heterocycles. The maximum Gasteiger partial charge on any atom is 0.275 e. The summed E-state index contributed by atoms with van der Waals surface area (Å²) in [5.41, 5.74) is 0.467. The first-order chi connectivity index (χ1) is 8.56. The van der Waals surface area contributed by atoms with Gasteiger partial charge in [0.1, 0.15) is 5.69 Å². The van der Waals surface area contributed by atoms with Crippen LogP contribution in [0.3, 0.4) is 0 Å². The molecule has 0 saturated carbocycles. The average Bonchev–Trinajstić information content (AvgIpc) is 2.33. The van der Waals surface area contributed by atoms with E-state index in [-0.39, 0.29) is 11.4 Å². The number of nitrogens with one attached hydrogen (secondary N) is 1. The molecule has 0 spiro atoms. The van der Waals surface area contributed by atoms with Gasteiger partial charge in [0.2, 0.25) is 11.9 Å². The summed E-state index contributed by atoms with van der Waals surface area (Å²) >= 11 is 0. The lowest BCUT2D eigenvalue weighted by Crippen LogP contribution is -2.15. The Labute approximate surface area is 101 Å². The number of pyridine rings is 1. The first kappa shape index (κ1) is 12.0. The minimum Gasteiger partial charge on any atom is -0.317 e. The molecular weight excluding hydrogens is 242 g/mol. The van der Waals surface area contributed by atoms with Crippen molar-refractivity contribution in [2.24, 2.45) is 0 Å². The van der Waals surface area contributed by atoms with Crippen LogP contribution in [0.25, 0.3) is 0 Å². The van der Waals surface area contributed by atoms with Gasteiger partial charge < -0.3 is 5.32 Å². The quantitative estimate of drug-likeness (QED) is 0.824. The monoisotopic (exact) mass is 250 g/mol. The van der Waals surface area contributed by atoms with Crippen LogP contribution in [-0.4, -0.2) is 20.9 Å². The van der Waals surface area contributed by atoms with Gasteiger partial charge in [-0.05, 0) is 19.1 Å². The molecule has 0 unspecified atom stereocenters. The summed E-state index contributed by atoms with van der Waals surface area (Å²) in [6, 6.07) is 2.02. The number of carbonyl (C=O) groups is 1. The standard InChI is InChI=1S/C11H8F2N4O/c1-6-4-15-8(5-14-6)11(18)16-7-2-3-9(12)17-10(7)13/h2-5H,1H3,(H,16,18). The van der Waals surface area contributed by atoms with Crippen LogP contribution in [0.5, 0.6) is 0 Å². The van der Waals surface area contributed by atoms with Gasteiger partial charge in [-0.15, -0.1) is 0 Å². The molecule has 0 radical (unpaired) electrons. The van der Waals surface area contributed by atoms with Crippen LogP contribution in [0.2, 0.25) is 0 Å². The second-order valence-corrected chi connectivity index (χ2v) is 3.47. The highest BCUT2D eigenvalue weighted by atomic mass is 19.1. The Morgan fingerprint density at radius 3 is 2.61 bits per heavy atom. The van der Waals surface area contributed by atoms with Crippen molar-refractivity contribution >= 4 is 11.6 Å². The largest absolute Gasteiger partial charge is 0.317 e. The second-order valence-electron chi connectivity index (χ2n) is 3.47. The molecule has 0 aliphatic heterocycles. The van der Waals surface area contributed by atoms with E-state index in [4.69, 9.17) is 0 Å². The fourth-order valence-corrected chi connectivity index (χ4v) is 1.20. The number of halogens is 2. The van der Waals surface area contributed by atoms with Gasteiger partial charge in [0.25, 0.3) is 5.91 Å². The predicted molar refractivity (Wildman–Crippen MR) is 58.9 cm³/mol. The Morgan fingerprint density at radius 1 is 1.22 bits per heavy atom. The van der Waals surface area contributed by atoms with Crippen LogP contribution in [-0.2, 0) is 0 Å². The normalized spacial score (nSPS) is 10.2. The molecule has 0 aromatic carbocycles. The van der Waals surface area contributed by atoms with E-state index in [1.165, 1.54) is 12.4 Å². The summed E-state index contributed by atoms with van der Waals surface area (Å²) in [4.78, 5) is 22.3. The Kier molecular flexibility index (Phi) is 3.22. The maximum absolute atomic E-state index is 13.2. The van der Waals surface area contributed by atoms with Crippen molar-refractivity contribution in [1.82, 2.24) is 15.0 Å². The average molecular weight is 250 g/mol. The molecule has 1 amide bonds. The molecule has 2 rings (SSSR count). The molecule has 7 heteroatoms. The van der Waals surface area contributed by atoms with Crippen LogP contribution in [0, 0.1) is 18.8 Å². The molecule has 18 heavy (non-hydrogen) atoms. The number of carbonyl (C=O) groups excluding carboxylic acids is 1. The summed E-state index contributed by atoms with van der Waals surface area (Å²) in [5.74, 6) is -2.70. The fourth-order valence-electron chi connectivity index (χ4n) is 1.20. The third-order valence-electron chi connectivity index (χ3n) is 2.08. The Balaban J connectivity index is 2.18. The second kappa shape index (κ2) is 4.82. The van der Waals surface area contributed by atoms with Gasteiger partial charge in [0, 0.05) is 6.20 Å². The van der Waals surface area contributed by atoms with Gasteiger partial charge in [0.05, 0.1) is 17.6 Å². The summed E-state index contributed by atoms with van der Waals surface area (Å²) < 4.78 is 25.8. The summed E-state index contributed by atoms with van der Waals surface area (Å²) in [5, 5.41) is 2.23. The number of amides is 1. The Morgan fingerprint density at radius 2 is 2.00 bits per heavy atom. The van der Waals surface area contributed by atoms with E-state index in [0.717, 1.165) is 12.1 Å². The molecule has 0 fully saturated rings. The van der Waals surface area contributed by atoms with E-state index >= 15 is 0 Å². The zero-order valence-electron chi connectivity index (χ0n) is 9.32. The third kappa shape index (κ3) is 2.62. The van der Waals surface area contributed by atoms with Crippen LogP contribution >= 0.6 is 0 Å². The predicted octanol–water partition coefficient (Wildman–Crippen LogP) is 1.71. The van der Waals surface area contributed by atoms with Gasteiger partial charge >= 0.3 is 0 Å². The Bertz CT molecular complexity index is 586. The molecule has 92 valence electrons. The number of rotatable bonds is 2. The maximum atomic E-state index is 13.2. The molecule has 0 aliphatic carbocycles. The number of aromatic nitrogens is 3. The number of anilines is 1. The molecule has 0 atom stereocenters. The van der Waals surface area contributed by atoms with E-state index in [1.807, 2.05) is 0 Å². The van der Waals surface area contributed by atoms with E-state index in [1.54, 1.807) is 6.92 Å². The molecule has 0 saturated heterocycles. The van der Waals surface area contributed by atoms with E-state index in [2.05, 4.69) is 20.3 Å². The smallest absolute Gasteiger partial charge is 0.275 e. The molecule has 1 N–H and O–H groups in total. The van der Waals surface area contributed by atoms with Gasteiger partial charge in [-0.25, -0.2) is 4.98 Å². The van der Waals surface area contributed by atoms with E-state index < -0.39 is 17.8 Å². The highest BCUT2D eigenvalue weighted by Gasteiger charge is 2.12. The van der Waals surface area contributed by atoms with E-state index in [0.29, 0.717) is 5.69 Å². The summed E-state index contributed by atoms with van der Waals surface area (Å²) in [6.45, 7) is 1.72. The van der Waals surface area contributed by atoms with Crippen molar-refractivity contribution in [3.63, 3.8) is 0 Å². The van der Waals surface area contributed by atoms with Crippen LogP contribution in [0.1, 0.15) is 16.2 Å². The molecule has 2 aromatic heterocycles. The third-order valence-corrected chi connectivity index (χ3v) is 2.08. The number of aryl methyl sites for hydroxylation is 1. The zero-order chi connectivity index (χ0) is 13.1. The molecular formula is C11H8F2N4O. The van der Waals surface area contributed by atoms with Crippen molar-refractivity contribution in [3.8, 4) is 0 Å². The lowest BCUT2D eigenvalue weighted by Gasteiger charge is -2.04. The minimum atomic E-state index is -1.09. The lowest BCUT2D eigenvalue weighted by atomic mass is 10.3. The minimum absolute atomic E-state index is 0.0318. The highest BCUT2D eigenvalue weighted by molar-refractivity contribution is 6.02. The van der Waals surface area contributed by atoms with Crippen LogP contribution in [0.15, 0.2) is 24.5 Å². The first-order valence-electron chi connectivity index (χ1n) is 4.98. The number of nitrogens with zero attached hydrogens (tertiary/aromatic N) is 3. The highest BCUT2D eigenvalue weighted by Crippen LogP contribution is 2.12. The SMILES string of the molecule is Cc1cnc(C(=O)Nc2ccc(F)nc2F)cn1. The van der Waals surface area contributed by atoms with Gasteiger partial charge in [-0.2, -0.15) is 13.8 Å². The lowest BCUT2D eigenvalue weighted by molar-refractivity contribution is 0.102. The van der Waals surface area contributed by atoms with Crippen LogP contribution in [0.4, 0.5) is 14.5 Å². The molecule has 5 nitrogen and oxygen atoms in total. The van der Waals surface area contributed by atoms with Crippen molar-refractivity contribution < 1.29 is 13.6 Å². The topological polar surface area (TPSA) is 67.8 Å². The van der Waals surface area contributed by atoms with Crippen molar-refractivity contribution in [3.05, 3.63) is 47.8 Å². The van der Waals surface area contributed by atoms with Gasteiger partial charge in [-0.1, -0.05) is 0 Å².